The molecule has 0 bridgehead atoms. The van der Waals surface area contributed by atoms with E-state index in [9.17, 15) is 0 Å². The van der Waals surface area contributed by atoms with Crippen molar-refractivity contribution in [2.45, 2.75) is 38.0 Å². The summed E-state index contributed by atoms with van der Waals surface area (Å²) in [6.07, 6.45) is 24.2. The Morgan fingerprint density at radius 3 is 2.10 bits per heavy atom. The van der Waals surface area contributed by atoms with Gasteiger partial charge in [-0.1, -0.05) is 140 Å². The molecule has 6 aromatic carbocycles. The lowest BCUT2D eigenvalue weighted by Gasteiger charge is -2.29. The summed E-state index contributed by atoms with van der Waals surface area (Å²) in [6, 6.07) is 38.9. The van der Waals surface area contributed by atoms with Crippen molar-refractivity contribution in [3.63, 3.8) is 0 Å². The summed E-state index contributed by atoms with van der Waals surface area (Å²) in [4.78, 5) is 0. The van der Waals surface area contributed by atoms with Crippen LogP contribution in [0.15, 0.2) is 140 Å². The Bertz CT molecular complexity index is 2580. The van der Waals surface area contributed by atoms with E-state index in [-0.39, 0.29) is 0 Å². The number of thiophene rings is 1. The molecule has 1 aromatic heterocycles. The molecule has 0 saturated heterocycles. The van der Waals surface area contributed by atoms with Crippen LogP contribution >= 0.6 is 11.3 Å². The van der Waals surface area contributed by atoms with Crippen molar-refractivity contribution in [2.24, 2.45) is 0 Å². The number of fused-ring (bicyclic) bond motifs is 6. The second-order valence-corrected chi connectivity index (χ2v) is 14.7. The van der Waals surface area contributed by atoms with Crippen molar-refractivity contribution in [2.75, 3.05) is 0 Å². The molecule has 49 heavy (non-hydrogen) atoms. The van der Waals surface area contributed by atoms with E-state index >= 15 is 0 Å². The van der Waals surface area contributed by atoms with E-state index in [2.05, 4.69) is 152 Å². The number of hydrogen-bond acceptors (Lipinski definition) is 1. The highest BCUT2D eigenvalue weighted by atomic mass is 32.1. The van der Waals surface area contributed by atoms with Crippen molar-refractivity contribution >= 4 is 54.4 Å². The molecule has 0 saturated carbocycles. The van der Waals surface area contributed by atoms with Crippen LogP contribution < -0.4 is 0 Å². The van der Waals surface area contributed by atoms with Gasteiger partial charge >= 0.3 is 0 Å². The number of allylic oxidation sites excluding steroid dienone is 6. The van der Waals surface area contributed by atoms with Crippen LogP contribution in [0.5, 0.6) is 0 Å². The third kappa shape index (κ3) is 4.64. The molecule has 1 unspecified atom stereocenters. The summed E-state index contributed by atoms with van der Waals surface area (Å²) in [5, 5.41) is 5.50. The summed E-state index contributed by atoms with van der Waals surface area (Å²) in [5.74, 6) is 0.425. The van der Waals surface area contributed by atoms with Gasteiger partial charge in [0.25, 0.3) is 0 Å². The lowest BCUT2D eigenvalue weighted by Crippen LogP contribution is -2.10. The summed E-state index contributed by atoms with van der Waals surface area (Å²) in [7, 11) is 0. The largest absolute Gasteiger partial charge is 0.135 e. The van der Waals surface area contributed by atoms with Crippen LogP contribution in [0, 0.1) is 0 Å². The normalized spacial score (nSPS) is 16.4. The highest BCUT2D eigenvalue weighted by molar-refractivity contribution is 7.26. The minimum absolute atomic E-state index is 0.425. The Hall–Kier alpha value is -5.24. The molecule has 1 heteroatoms. The molecule has 1 heterocycles. The van der Waals surface area contributed by atoms with Crippen LogP contribution in [0.2, 0.25) is 0 Å². The maximum absolute atomic E-state index is 2.44. The van der Waals surface area contributed by atoms with Crippen LogP contribution in [0.1, 0.15) is 53.0 Å². The molecule has 0 radical (unpaired) electrons. The number of hydrogen-bond donors (Lipinski definition) is 0. The van der Waals surface area contributed by atoms with Gasteiger partial charge in [0.05, 0.1) is 0 Å². The molecule has 0 amide bonds. The van der Waals surface area contributed by atoms with E-state index in [1.807, 2.05) is 11.3 Å². The van der Waals surface area contributed by atoms with Gasteiger partial charge in [0.2, 0.25) is 0 Å². The molecule has 3 aliphatic carbocycles. The van der Waals surface area contributed by atoms with Gasteiger partial charge in [0.15, 0.2) is 0 Å². The molecule has 0 spiro atoms. The predicted octanol–water partition coefficient (Wildman–Crippen LogP) is 13.7. The van der Waals surface area contributed by atoms with Gasteiger partial charge in [0, 0.05) is 26.1 Å². The lowest BCUT2D eigenvalue weighted by atomic mass is 9.75. The molecule has 1 atom stereocenters. The van der Waals surface area contributed by atoms with Crippen LogP contribution in [0.3, 0.4) is 0 Å². The van der Waals surface area contributed by atoms with Gasteiger partial charge in [-0.15, -0.1) is 11.3 Å². The van der Waals surface area contributed by atoms with Gasteiger partial charge in [-0.3, -0.25) is 0 Å². The monoisotopic (exact) mass is 644 g/mol. The Morgan fingerprint density at radius 1 is 0.531 bits per heavy atom. The molecule has 7 aromatic rings. The minimum atomic E-state index is 0.425. The summed E-state index contributed by atoms with van der Waals surface area (Å²) in [5.41, 5.74) is 15.4. The fraction of sp³-hybridized carbons (Fsp3) is 0.125. The first-order valence-electron chi connectivity index (χ1n) is 17.7. The standard InChI is InChI=1S/C48H36S/c1-2-14-31(15-3-1)46-39-21-6-8-23-41(39)47(42-24-9-7-22-40(42)46)43-29-28-34(36-18-4-5-19-37(36)43)32-16-12-17-33(30-32)35-25-13-26-44-38-20-10-11-27-45(38)49-48(35)44/h1-4,6,8-14,16-18,20-21,23-31H,5,7,15,19,22H2. The van der Waals surface area contributed by atoms with E-state index in [0.29, 0.717) is 5.92 Å². The first-order valence-corrected chi connectivity index (χ1v) is 18.6. The molecular formula is C48H36S. The van der Waals surface area contributed by atoms with E-state index in [1.54, 1.807) is 5.56 Å². The van der Waals surface area contributed by atoms with E-state index in [1.165, 1.54) is 86.6 Å². The zero-order chi connectivity index (χ0) is 32.3. The highest BCUT2D eigenvalue weighted by Crippen LogP contribution is 2.48. The first kappa shape index (κ1) is 28.7. The van der Waals surface area contributed by atoms with E-state index in [4.69, 9.17) is 0 Å². The second kappa shape index (κ2) is 11.7. The quantitative estimate of drug-likeness (QED) is 0.179. The molecule has 0 nitrogen and oxygen atoms in total. The summed E-state index contributed by atoms with van der Waals surface area (Å²) >= 11 is 1.91. The molecule has 0 N–H and O–H groups in total. The summed E-state index contributed by atoms with van der Waals surface area (Å²) in [6.45, 7) is 0. The molecule has 3 aliphatic rings. The third-order valence-electron chi connectivity index (χ3n) is 11.0. The van der Waals surface area contributed by atoms with E-state index in [0.717, 1.165) is 32.1 Å². The topological polar surface area (TPSA) is 0 Å². The Labute approximate surface area is 292 Å². The van der Waals surface area contributed by atoms with Crippen molar-refractivity contribution in [1.29, 1.82) is 0 Å². The predicted molar refractivity (Wildman–Crippen MR) is 213 cm³/mol. The van der Waals surface area contributed by atoms with Crippen molar-refractivity contribution in [3.05, 3.63) is 167 Å². The lowest BCUT2D eigenvalue weighted by molar-refractivity contribution is 0.831. The third-order valence-corrected chi connectivity index (χ3v) is 12.2. The van der Waals surface area contributed by atoms with Crippen molar-refractivity contribution in [3.8, 4) is 33.4 Å². The molecule has 10 rings (SSSR count). The zero-order valence-corrected chi connectivity index (χ0v) is 28.3. The van der Waals surface area contributed by atoms with Crippen molar-refractivity contribution in [1.82, 2.24) is 0 Å². The minimum Gasteiger partial charge on any atom is -0.135 e. The fourth-order valence-electron chi connectivity index (χ4n) is 8.80. The molecule has 234 valence electrons. The Kier molecular flexibility index (Phi) is 6.88. The van der Waals surface area contributed by atoms with Gasteiger partial charge in [-0.2, -0.15) is 0 Å². The van der Waals surface area contributed by atoms with Gasteiger partial charge in [0.1, 0.15) is 0 Å². The summed E-state index contributed by atoms with van der Waals surface area (Å²) < 4.78 is 2.71. The average molecular weight is 645 g/mol. The number of rotatable bonds is 4. The Morgan fingerprint density at radius 2 is 1.24 bits per heavy atom. The maximum atomic E-state index is 2.44. The SMILES string of the molecule is C1=CCC(c2c3c(c(-c4ccc(-c5cccc(-c6cccc7c6sc6ccccc67)c5)c5c4CCC=C5)c4ccccc24)C=CCC3)C=C1. The van der Waals surface area contributed by atoms with Crippen LogP contribution in [0.25, 0.3) is 76.5 Å². The second-order valence-electron chi connectivity index (χ2n) is 13.7. The van der Waals surface area contributed by atoms with Crippen LogP contribution in [0.4, 0.5) is 0 Å². The fourth-order valence-corrected chi connectivity index (χ4v) is 10.0. The maximum Gasteiger partial charge on any atom is 0.0433 e. The highest BCUT2D eigenvalue weighted by Gasteiger charge is 2.26. The van der Waals surface area contributed by atoms with Gasteiger partial charge in [-0.05, 0) is 116 Å². The Balaban J connectivity index is 1.16. The average Bonchev–Trinajstić information content (AvgIpc) is 3.56. The van der Waals surface area contributed by atoms with Gasteiger partial charge in [-0.25, -0.2) is 0 Å². The van der Waals surface area contributed by atoms with Crippen LogP contribution in [-0.2, 0) is 12.8 Å². The smallest absolute Gasteiger partial charge is 0.0433 e. The zero-order valence-electron chi connectivity index (χ0n) is 27.5. The first-order chi connectivity index (χ1) is 24.3. The molecular weight excluding hydrogens is 609 g/mol. The van der Waals surface area contributed by atoms with E-state index < -0.39 is 0 Å². The number of benzene rings is 6. The molecule has 0 aliphatic heterocycles. The van der Waals surface area contributed by atoms with Crippen molar-refractivity contribution < 1.29 is 0 Å². The van der Waals surface area contributed by atoms with Crippen LogP contribution in [-0.4, -0.2) is 0 Å². The van der Waals surface area contributed by atoms with Gasteiger partial charge < -0.3 is 0 Å². The molecule has 0 fully saturated rings.